The van der Waals surface area contributed by atoms with Gasteiger partial charge in [-0.25, -0.2) is 18.5 Å². The highest BCUT2D eigenvalue weighted by Gasteiger charge is 2.24. The first-order valence-electron chi connectivity index (χ1n) is 10.6. The first-order valence-corrected chi connectivity index (χ1v) is 12.5. The van der Waals surface area contributed by atoms with Crippen LogP contribution in [0.5, 0.6) is 5.75 Å². The van der Waals surface area contributed by atoms with Crippen molar-refractivity contribution in [3.05, 3.63) is 70.8 Å². The largest absolute Gasteiger partial charge is 0.496 e. The number of methoxy groups -OCH3 is 1. The Morgan fingerprint density at radius 2 is 1.68 bits per heavy atom. The molecule has 0 amide bonds. The van der Waals surface area contributed by atoms with Crippen LogP contribution < -0.4 is 15.0 Å². The number of nitrogens with one attached hydrogen (secondary N) is 2. The minimum Gasteiger partial charge on any atom is -0.496 e. The molecule has 4 rings (SSSR count). The predicted molar refractivity (Wildman–Crippen MR) is 135 cm³/mol. The van der Waals surface area contributed by atoms with E-state index in [0.717, 1.165) is 39.5 Å². The maximum atomic E-state index is 12.4. The molecule has 0 unspecified atom stereocenters. The number of fused-ring (bicyclic) bond motifs is 1. The molecular formula is C25H26N4O4S. The Hall–Kier alpha value is -3.72. The minimum absolute atomic E-state index is 0.265. The Bertz CT molecular complexity index is 1550. The maximum Gasteiger partial charge on any atom is 0.290 e. The van der Waals surface area contributed by atoms with Crippen molar-refractivity contribution in [1.29, 1.82) is 0 Å². The second-order valence-electron chi connectivity index (χ2n) is 9.17. The zero-order valence-electron chi connectivity index (χ0n) is 19.6. The van der Waals surface area contributed by atoms with Gasteiger partial charge in [0, 0.05) is 22.4 Å². The summed E-state index contributed by atoms with van der Waals surface area (Å²) < 4.78 is 31.5. The second kappa shape index (κ2) is 8.57. The van der Waals surface area contributed by atoms with Crippen LogP contribution >= 0.6 is 0 Å². The van der Waals surface area contributed by atoms with Gasteiger partial charge in [0.1, 0.15) is 17.8 Å². The van der Waals surface area contributed by atoms with Gasteiger partial charge in [0.05, 0.1) is 13.4 Å². The third-order valence-electron chi connectivity index (χ3n) is 5.45. The number of H-pyrrole nitrogens is 1. The molecule has 0 saturated carbocycles. The van der Waals surface area contributed by atoms with Crippen molar-refractivity contribution in [2.24, 2.45) is 0 Å². The van der Waals surface area contributed by atoms with Gasteiger partial charge in [0.25, 0.3) is 5.56 Å². The van der Waals surface area contributed by atoms with Gasteiger partial charge < -0.3 is 4.74 Å². The molecule has 9 heteroatoms. The van der Waals surface area contributed by atoms with Crippen molar-refractivity contribution in [1.82, 2.24) is 15.2 Å². The third-order valence-corrected chi connectivity index (χ3v) is 6.06. The number of ether oxygens (including phenoxy) is 1. The summed E-state index contributed by atoms with van der Waals surface area (Å²) in [6.45, 7) is 6.25. The fourth-order valence-electron chi connectivity index (χ4n) is 3.94. The summed E-state index contributed by atoms with van der Waals surface area (Å²) in [5.41, 5.74) is 3.46. The molecule has 3 aromatic carbocycles. The van der Waals surface area contributed by atoms with Crippen molar-refractivity contribution >= 4 is 26.5 Å². The van der Waals surface area contributed by atoms with Crippen molar-refractivity contribution in [2.45, 2.75) is 26.2 Å². The summed E-state index contributed by atoms with van der Waals surface area (Å²) in [7, 11) is -1.73. The zero-order chi connectivity index (χ0) is 24.7. The Kier molecular flexibility index (Phi) is 5.91. The standard InChI is InChI=1S/C25H26N4O4S/c1-25(2,3)21-13-18(22-24(30)28-27-14-26-22)12-20(23(21)33-4)17-7-6-16-11-19(29-34(5,31)32)9-8-15(16)10-17/h6-14,29H,1-5H3,(H,28,30). The molecule has 176 valence electrons. The highest BCUT2D eigenvalue weighted by atomic mass is 32.2. The molecule has 2 N–H and O–H groups in total. The Morgan fingerprint density at radius 3 is 2.32 bits per heavy atom. The van der Waals surface area contributed by atoms with Crippen LogP contribution in [0.4, 0.5) is 5.69 Å². The van der Waals surface area contributed by atoms with E-state index in [0.29, 0.717) is 11.3 Å². The van der Waals surface area contributed by atoms with Crippen LogP contribution in [-0.2, 0) is 15.4 Å². The normalized spacial score (nSPS) is 12.0. The molecule has 0 aliphatic rings. The Balaban J connectivity index is 1.93. The van der Waals surface area contributed by atoms with E-state index in [4.69, 9.17) is 4.74 Å². The molecule has 1 aromatic heterocycles. The molecular weight excluding hydrogens is 452 g/mol. The summed E-state index contributed by atoms with van der Waals surface area (Å²) in [6.07, 6.45) is 2.44. The molecule has 0 atom stereocenters. The molecule has 8 nitrogen and oxygen atoms in total. The Labute approximate surface area is 198 Å². The molecule has 0 fully saturated rings. The monoisotopic (exact) mass is 478 g/mol. The minimum atomic E-state index is -3.36. The third kappa shape index (κ3) is 4.79. The van der Waals surface area contributed by atoms with E-state index in [1.165, 1.54) is 6.33 Å². The SMILES string of the molecule is COc1c(-c2ccc3cc(NS(C)(=O)=O)ccc3c2)cc(-c2ncn[nH]c2=O)cc1C(C)(C)C. The molecule has 0 spiro atoms. The topological polar surface area (TPSA) is 114 Å². The van der Waals surface area contributed by atoms with Gasteiger partial charge in [-0.2, -0.15) is 5.10 Å². The number of aromatic amines is 1. The fraction of sp³-hybridized carbons (Fsp3) is 0.240. The van der Waals surface area contributed by atoms with Crippen molar-refractivity contribution in [2.75, 3.05) is 18.1 Å². The highest BCUT2D eigenvalue weighted by molar-refractivity contribution is 7.92. The van der Waals surface area contributed by atoms with Crippen molar-refractivity contribution in [3.63, 3.8) is 0 Å². The fourth-order valence-corrected chi connectivity index (χ4v) is 4.49. The first kappa shape index (κ1) is 23.4. The molecule has 0 saturated heterocycles. The number of aromatic nitrogens is 3. The van der Waals surface area contributed by atoms with Gasteiger partial charge in [0.2, 0.25) is 10.0 Å². The highest BCUT2D eigenvalue weighted by Crippen LogP contribution is 2.42. The van der Waals surface area contributed by atoms with Gasteiger partial charge in [-0.05, 0) is 52.1 Å². The van der Waals surface area contributed by atoms with E-state index >= 15 is 0 Å². The van der Waals surface area contributed by atoms with E-state index < -0.39 is 10.0 Å². The van der Waals surface area contributed by atoms with E-state index in [-0.39, 0.29) is 16.7 Å². The molecule has 1 heterocycles. The lowest BCUT2D eigenvalue weighted by atomic mass is 9.82. The number of hydrogen-bond donors (Lipinski definition) is 2. The second-order valence-corrected chi connectivity index (χ2v) is 10.9. The molecule has 0 aliphatic carbocycles. The van der Waals surface area contributed by atoms with Gasteiger partial charge in [-0.1, -0.05) is 39.0 Å². The molecule has 0 radical (unpaired) electrons. The average molecular weight is 479 g/mol. The van der Waals surface area contributed by atoms with Crippen LogP contribution in [0.1, 0.15) is 26.3 Å². The molecule has 4 aromatic rings. The smallest absolute Gasteiger partial charge is 0.290 e. The van der Waals surface area contributed by atoms with E-state index in [1.807, 2.05) is 36.4 Å². The maximum absolute atomic E-state index is 12.4. The zero-order valence-corrected chi connectivity index (χ0v) is 20.4. The summed E-state index contributed by atoms with van der Waals surface area (Å²) >= 11 is 0. The Morgan fingerprint density at radius 1 is 0.971 bits per heavy atom. The van der Waals surface area contributed by atoms with Crippen molar-refractivity contribution in [3.8, 4) is 28.1 Å². The van der Waals surface area contributed by atoms with Gasteiger partial charge in [-0.15, -0.1) is 0 Å². The van der Waals surface area contributed by atoms with Crippen LogP contribution in [0.3, 0.4) is 0 Å². The molecule has 0 bridgehead atoms. The van der Waals surface area contributed by atoms with Crippen molar-refractivity contribution < 1.29 is 13.2 Å². The van der Waals surface area contributed by atoms with Crippen LogP contribution in [0.25, 0.3) is 33.2 Å². The van der Waals surface area contributed by atoms with Crippen LogP contribution in [-0.4, -0.2) is 37.0 Å². The molecule has 0 aliphatic heterocycles. The number of anilines is 1. The number of hydrogen-bond acceptors (Lipinski definition) is 6. The number of nitrogens with zero attached hydrogens (tertiary/aromatic N) is 2. The quantitative estimate of drug-likeness (QED) is 0.441. The van der Waals surface area contributed by atoms with Gasteiger partial charge in [-0.3, -0.25) is 9.52 Å². The average Bonchev–Trinajstić information content (AvgIpc) is 2.76. The lowest BCUT2D eigenvalue weighted by molar-refractivity contribution is 0.399. The van der Waals surface area contributed by atoms with E-state index in [2.05, 4.69) is 40.7 Å². The van der Waals surface area contributed by atoms with Gasteiger partial charge in [0.15, 0.2) is 0 Å². The van der Waals surface area contributed by atoms with E-state index in [1.54, 1.807) is 19.2 Å². The van der Waals surface area contributed by atoms with Gasteiger partial charge >= 0.3 is 0 Å². The van der Waals surface area contributed by atoms with Crippen LogP contribution in [0.2, 0.25) is 0 Å². The van der Waals surface area contributed by atoms with Crippen LogP contribution in [0, 0.1) is 0 Å². The lowest BCUT2D eigenvalue weighted by Crippen LogP contribution is -2.16. The first-order chi connectivity index (χ1) is 16.0. The summed E-state index contributed by atoms with van der Waals surface area (Å²) in [5.74, 6) is 0.719. The number of sulfonamides is 1. The molecule has 34 heavy (non-hydrogen) atoms. The van der Waals surface area contributed by atoms with E-state index in [9.17, 15) is 13.2 Å². The summed E-state index contributed by atoms with van der Waals surface area (Å²) in [5, 5.41) is 7.96. The number of rotatable bonds is 5. The number of benzene rings is 3. The predicted octanol–water partition coefficient (Wildman–Crippen LogP) is 4.33. The summed E-state index contributed by atoms with van der Waals surface area (Å²) in [4.78, 5) is 16.6. The summed E-state index contributed by atoms with van der Waals surface area (Å²) in [6, 6.07) is 15.1. The van der Waals surface area contributed by atoms with Crippen LogP contribution in [0.15, 0.2) is 59.7 Å². The lowest BCUT2D eigenvalue weighted by Gasteiger charge is -2.25.